The van der Waals surface area contributed by atoms with Gasteiger partial charge in [-0.15, -0.1) is 0 Å². The molecule has 0 saturated heterocycles. The summed E-state index contributed by atoms with van der Waals surface area (Å²) in [6.07, 6.45) is 1.32. The molecule has 1 aromatic rings. The molecule has 1 rings (SSSR count). The monoisotopic (exact) mass is 251 g/mol. The van der Waals surface area contributed by atoms with Gasteiger partial charge in [0.25, 0.3) is 0 Å². The van der Waals surface area contributed by atoms with Gasteiger partial charge in [-0.2, -0.15) is 0 Å². The second-order valence-electron chi connectivity index (χ2n) is 4.81. The molecule has 2 atom stereocenters. The zero-order valence-electron chi connectivity index (χ0n) is 11.1. The number of carboxylic acids is 1. The third-order valence-electron chi connectivity index (χ3n) is 3.16. The third-order valence-corrected chi connectivity index (χ3v) is 3.16. The molecule has 0 aliphatic heterocycles. The van der Waals surface area contributed by atoms with Gasteiger partial charge in [0.2, 0.25) is 0 Å². The van der Waals surface area contributed by atoms with E-state index in [1.54, 1.807) is 25.1 Å². The van der Waals surface area contributed by atoms with Crippen LogP contribution in [0, 0.1) is 0 Å². The molecule has 100 valence electrons. The van der Waals surface area contributed by atoms with Crippen molar-refractivity contribution in [2.24, 2.45) is 0 Å². The summed E-state index contributed by atoms with van der Waals surface area (Å²) >= 11 is 0. The predicted molar refractivity (Wildman–Crippen MR) is 70.6 cm³/mol. The summed E-state index contributed by atoms with van der Waals surface area (Å²) in [4.78, 5) is 11.3. The average Bonchev–Trinajstić information content (AvgIpc) is 2.29. The molecule has 0 aliphatic carbocycles. The SMILES string of the molecule is CCCC(C)(NC(C)c1ccccc1O)C(=O)O. The summed E-state index contributed by atoms with van der Waals surface area (Å²) in [6, 6.07) is 6.74. The Balaban J connectivity index is 2.89. The smallest absolute Gasteiger partial charge is 0.323 e. The number of carboxylic acid groups (broad SMARTS) is 1. The number of para-hydroxylation sites is 1. The highest BCUT2D eigenvalue weighted by molar-refractivity contribution is 5.78. The number of aromatic hydroxyl groups is 1. The summed E-state index contributed by atoms with van der Waals surface area (Å²) in [5.41, 5.74) is -0.266. The van der Waals surface area contributed by atoms with Gasteiger partial charge in [-0.25, -0.2) is 0 Å². The Kier molecular flexibility index (Phi) is 4.73. The maximum absolute atomic E-state index is 11.3. The lowest BCUT2D eigenvalue weighted by atomic mass is 9.93. The lowest BCUT2D eigenvalue weighted by molar-refractivity contribution is -0.144. The third kappa shape index (κ3) is 3.23. The highest BCUT2D eigenvalue weighted by Crippen LogP contribution is 2.26. The van der Waals surface area contributed by atoms with Gasteiger partial charge in [0.1, 0.15) is 11.3 Å². The van der Waals surface area contributed by atoms with Gasteiger partial charge < -0.3 is 10.2 Å². The lowest BCUT2D eigenvalue weighted by Gasteiger charge is -2.30. The van der Waals surface area contributed by atoms with E-state index < -0.39 is 11.5 Å². The Labute approximate surface area is 108 Å². The number of rotatable bonds is 6. The number of phenolic OH excluding ortho intramolecular Hbond substituents is 1. The van der Waals surface area contributed by atoms with Crippen LogP contribution in [-0.4, -0.2) is 21.7 Å². The van der Waals surface area contributed by atoms with Gasteiger partial charge in [0.15, 0.2) is 0 Å². The van der Waals surface area contributed by atoms with E-state index in [9.17, 15) is 15.0 Å². The van der Waals surface area contributed by atoms with Crippen molar-refractivity contribution in [2.45, 2.75) is 45.2 Å². The fraction of sp³-hybridized carbons (Fsp3) is 0.500. The number of benzene rings is 1. The molecule has 18 heavy (non-hydrogen) atoms. The van der Waals surface area contributed by atoms with E-state index in [-0.39, 0.29) is 11.8 Å². The van der Waals surface area contributed by atoms with Crippen molar-refractivity contribution in [2.75, 3.05) is 0 Å². The van der Waals surface area contributed by atoms with E-state index in [1.807, 2.05) is 19.9 Å². The molecule has 0 amide bonds. The molecule has 2 unspecified atom stereocenters. The Morgan fingerprint density at radius 2 is 2.06 bits per heavy atom. The molecule has 0 aromatic heterocycles. The van der Waals surface area contributed by atoms with Crippen molar-refractivity contribution in [3.8, 4) is 5.75 Å². The fourth-order valence-electron chi connectivity index (χ4n) is 2.15. The number of hydrogen-bond donors (Lipinski definition) is 3. The topological polar surface area (TPSA) is 69.6 Å². The standard InChI is InChI=1S/C14H21NO3/c1-4-9-14(3,13(17)18)15-10(2)11-7-5-6-8-12(11)16/h5-8,10,15-16H,4,9H2,1-3H3,(H,17,18). The molecule has 3 N–H and O–H groups in total. The van der Waals surface area contributed by atoms with Crippen LogP contribution in [0.4, 0.5) is 0 Å². The first-order chi connectivity index (χ1) is 8.40. The first-order valence-electron chi connectivity index (χ1n) is 6.19. The summed E-state index contributed by atoms with van der Waals surface area (Å²) in [7, 11) is 0. The van der Waals surface area contributed by atoms with Crippen molar-refractivity contribution in [1.82, 2.24) is 5.32 Å². The largest absolute Gasteiger partial charge is 0.508 e. The number of carbonyl (C=O) groups is 1. The van der Waals surface area contributed by atoms with E-state index in [0.717, 1.165) is 6.42 Å². The Bertz CT molecular complexity index is 419. The second kappa shape index (κ2) is 5.87. The Morgan fingerprint density at radius 1 is 1.44 bits per heavy atom. The molecular weight excluding hydrogens is 230 g/mol. The number of phenols is 1. The van der Waals surface area contributed by atoms with Crippen LogP contribution in [0.25, 0.3) is 0 Å². The van der Waals surface area contributed by atoms with Crippen molar-refractivity contribution in [3.63, 3.8) is 0 Å². The van der Waals surface area contributed by atoms with E-state index in [1.165, 1.54) is 0 Å². The summed E-state index contributed by atoms with van der Waals surface area (Å²) in [5, 5.41) is 22.2. The Hall–Kier alpha value is -1.55. The van der Waals surface area contributed by atoms with Crippen LogP contribution >= 0.6 is 0 Å². The summed E-state index contributed by atoms with van der Waals surface area (Å²) in [5.74, 6) is -0.687. The zero-order chi connectivity index (χ0) is 13.8. The van der Waals surface area contributed by atoms with Crippen LogP contribution in [0.15, 0.2) is 24.3 Å². The minimum atomic E-state index is -0.976. The van der Waals surface area contributed by atoms with Gasteiger partial charge in [-0.3, -0.25) is 10.1 Å². The highest BCUT2D eigenvalue weighted by Gasteiger charge is 2.33. The molecule has 0 aliphatic rings. The first-order valence-corrected chi connectivity index (χ1v) is 6.19. The van der Waals surface area contributed by atoms with Crippen molar-refractivity contribution < 1.29 is 15.0 Å². The highest BCUT2D eigenvalue weighted by atomic mass is 16.4. The van der Waals surface area contributed by atoms with Crippen LogP contribution in [0.5, 0.6) is 5.75 Å². The molecule has 1 aromatic carbocycles. The van der Waals surface area contributed by atoms with Crippen molar-refractivity contribution in [1.29, 1.82) is 0 Å². The summed E-state index contributed by atoms with van der Waals surface area (Å²) < 4.78 is 0. The molecule has 4 heteroatoms. The molecule has 0 heterocycles. The van der Waals surface area contributed by atoms with Crippen molar-refractivity contribution >= 4 is 5.97 Å². The summed E-state index contributed by atoms with van der Waals surface area (Å²) in [6.45, 7) is 5.48. The molecule has 0 radical (unpaired) electrons. The molecule has 0 spiro atoms. The van der Waals surface area contributed by atoms with E-state index >= 15 is 0 Å². The molecular formula is C14H21NO3. The van der Waals surface area contributed by atoms with Crippen LogP contribution in [-0.2, 0) is 4.79 Å². The van der Waals surface area contributed by atoms with Crippen LogP contribution < -0.4 is 5.32 Å². The van der Waals surface area contributed by atoms with Gasteiger partial charge in [0.05, 0.1) is 0 Å². The number of nitrogens with one attached hydrogen (secondary N) is 1. The van der Waals surface area contributed by atoms with Crippen LogP contribution in [0.2, 0.25) is 0 Å². The zero-order valence-corrected chi connectivity index (χ0v) is 11.1. The molecule has 4 nitrogen and oxygen atoms in total. The first kappa shape index (κ1) is 14.5. The van der Waals surface area contributed by atoms with E-state index in [4.69, 9.17) is 0 Å². The minimum absolute atomic E-state index is 0.182. The Morgan fingerprint density at radius 3 is 2.56 bits per heavy atom. The van der Waals surface area contributed by atoms with Crippen molar-refractivity contribution in [3.05, 3.63) is 29.8 Å². The van der Waals surface area contributed by atoms with Gasteiger partial charge in [-0.05, 0) is 26.3 Å². The fourth-order valence-corrected chi connectivity index (χ4v) is 2.15. The predicted octanol–water partition coefficient (Wildman–Crippen LogP) is 2.69. The molecule has 0 fully saturated rings. The number of hydrogen-bond acceptors (Lipinski definition) is 3. The average molecular weight is 251 g/mol. The molecule has 0 bridgehead atoms. The normalized spacial score (nSPS) is 15.9. The van der Waals surface area contributed by atoms with Gasteiger partial charge in [0, 0.05) is 11.6 Å². The quantitative estimate of drug-likeness (QED) is 0.727. The number of aliphatic carboxylic acids is 1. The maximum atomic E-state index is 11.3. The van der Waals surface area contributed by atoms with Gasteiger partial charge in [-0.1, -0.05) is 31.5 Å². The van der Waals surface area contributed by atoms with Crippen LogP contribution in [0.3, 0.4) is 0 Å². The minimum Gasteiger partial charge on any atom is -0.508 e. The van der Waals surface area contributed by atoms with Gasteiger partial charge >= 0.3 is 5.97 Å². The van der Waals surface area contributed by atoms with E-state index in [0.29, 0.717) is 12.0 Å². The van der Waals surface area contributed by atoms with Crippen LogP contribution in [0.1, 0.15) is 45.2 Å². The maximum Gasteiger partial charge on any atom is 0.323 e. The molecule has 0 saturated carbocycles. The van der Waals surface area contributed by atoms with E-state index in [2.05, 4.69) is 5.32 Å². The lowest BCUT2D eigenvalue weighted by Crippen LogP contribution is -2.50. The second-order valence-corrected chi connectivity index (χ2v) is 4.81.